The maximum atomic E-state index is 12.5. The molecule has 5 heteroatoms. The molecule has 1 aromatic rings. The molecule has 0 bridgehead atoms. The van der Waals surface area contributed by atoms with Gasteiger partial charge in [0.25, 0.3) is 0 Å². The number of halogens is 3. The molecular weight excluding hydrogens is 289 g/mol. The zero-order chi connectivity index (χ0) is 16.3. The largest absolute Gasteiger partial charge is 0.395 e. The lowest BCUT2D eigenvalue weighted by molar-refractivity contribution is -0.180. The molecule has 120 valence electrons. The van der Waals surface area contributed by atoms with Gasteiger partial charge in [-0.1, -0.05) is 23.8 Å². The van der Waals surface area contributed by atoms with Gasteiger partial charge in [-0.3, -0.25) is 0 Å². The molecule has 0 radical (unpaired) electrons. The SMILES string of the molecule is C/C=C(C)/C=C\Cc1cnc(N2CC(C(F)(F)F)C2)cc1C. The Bertz CT molecular complexity index is 582. The number of pyridine rings is 1. The van der Waals surface area contributed by atoms with Crippen LogP contribution in [0.1, 0.15) is 25.0 Å². The third-order valence-electron chi connectivity index (χ3n) is 4.05. The van der Waals surface area contributed by atoms with E-state index in [1.807, 2.05) is 32.9 Å². The summed E-state index contributed by atoms with van der Waals surface area (Å²) in [4.78, 5) is 5.98. The summed E-state index contributed by atoms with van der Waals surface area (Å²) in [5, 5.41) is 0. The fourth-order valence-corrected chi connectivity index (χ4v) is 2.30. The number of allylic oxidation sites excluding steroid dienone is 4. The van der Waals surface area contributed by atoms with Gasteiger partial charge in [0.1, 0.15) is 5.82 Å². The molecule has 0 aliphatic carbocycles. The van der Waals surface area contributed by atoms with Crippen molar-refractivity contribution in [3.8, 4) is 0 Å². The molecule has 22 heavy (non-hydrogen) atoms. The van der Waals surface area contributed by atoms with Gasteiger partial charge in [-0.2, -0.15) is 13.2 Å². The van der Waals surface area contributed by atoms with Crippen LogP contribution < -0.4 is 4.90 Å². The summed E-state index contributed by atoms with van der Waals surface area (Å²) in [7, 11) is 0. The van der Waals surface area contributed by atoms with Gasteiger partial charge in [0, 0.05) is 19.3 Å². The van der Waals surface area contributed by atoms with Crippen LogP contribution in [0.5, 0.6) is 0 Å². The van der Waals surface area contributed by atoms with Gasteiger partial charge in [0.15, 0.2) is 0 Å². The van der Waals surface area contributed by atoms with Crippen LogP contribution in [-0.4, -0.2) is 24.2 Å². The first-order valence-corrected chi connectivity index (χ1v) is 7.38. The predicted molar refractivity (Wildman–Crippen MR) is 83.0 cm³/mol. The first-order chi connectivity index (χ1) is 10.3. The van der Waals surface area contributed by atoms with E-state index in [4.69, 9.17) is 0 Å². The van der Waals surface area contributed by atoms with Gasteiger partial charge in [-0.25, -0.2) is 4.98 Å². The average molecular weight is 310 g/mol. The molecule has 2 heterocycles. The molecule has 0 atom stereocenters. The zero-order valence-electron chi connectivity index (χ0n) is 13.1. The van der Waals surface area contributed by atoms with E-state index in [0.717, 1.165) is 17.5 Å². The molecule has 0 saturated carbocycles. The Morgan fingerprint density at radius 2 is 2.09 bits per heavy atom. The van der Waals surface area contributed by atoms with Crippen molar-refractivity contribution in [3.63, 3.8) is 0 Å². The van der Waals surface area contributed by atoms with Crippen molar-refractivity contribution in [2.75, 3.05) is 18.0 Å². The van der Waals surface area contributed by atoms with Crippen molar-refractivity contribution in [3.05, 3.63) is 47.2 Å². The van der Waals surface area contributed by atoms with Crippen LogP contribution in [0, 0.1) is 12.8 Å². The Hall–Kier alpha value is -1.78. The highest BCUT2D eigenvalue weighted by molar-refractivity contribution is 5.46. The summed E-state index contributed by atoms with van der Waals surface area (Å²) in [5.74, 6) is -0.587. The summed E-state index contributed by atoms with van der Waals surface area (Å²) in [6.45, 7) is 6.01. The topological polar surface area (TPSA) is 16.1 Å². The molecule has 2 rings (SSSR count). The molecule has 0 amide bonds. The fraction of sp³-hybridized carbons (Fsp3) is 0.471. The molecule has 0 aromatic carbocycles. The van der Waals surface area contributed by atoms with Crippen molar-refractivity contribution in [1.82, 2.24) is 4.98 Å². The molecule has 0 spiro atoms. The van der Waals surface area contributed by atoms with E-state index in [2.05, 4.69) is 17.1 Å². The second kappa shape index (κ2) is 6.55. The monoisotopic (exact) mass is 310 g/mol. The smallest absolute Gasteiger partial charge is 0.355 e. The standard InChI is InChI=1S/C17H21F3N2/c1-4-12(2)6-5-7-14-9-21-16(8-13(14)3)22-10-15(11-22)17(18,19)20/h4-6,8-9,15H,7,10-11H2,1-3H3/b6-5-,12-4+. The highest BCUT2D eigenvalue weighted by Gasteiger charge is 2.47. The van der Waals surface area contributed by atoms with Crippen molar-refractivity contribution in [2.45, 2.75) is 33.4 Å². The molecule has 2 nitrogen and oxygen atoms in total. The predicted octanol–water partition coefficient (Wildman–Crippen LogP) is 4.45. The van der Waals surface area contributed by atoms with Crippen LogP contribution in [-0.2, 0) is 6.42 Å². The number of hydrogen-bond acceptors (Lipinski definition) is 2. The van der Waals surface area contributed by atoms with Crippen molar-refractivity contribution < 1.29 is 13.2 Å². The quantitative estimate of drug-likeness (QED) is 0.764. The van der Waals surface area contributed by atoms with Crippen LogP contribution >= 0.6 is 0 Å². The Balaban J connectivity index is 1.98. The summed E-state index contributed by atoms with van der Waals surface area (Å²) in [6, 6.07) is 1.87. The molecule has 0 N–H and O–H groups in total. The third-order valence-corrected chi connectivity index (χ3v) is 4.05. The van der Waals surface area contributed by atoms with Crippen LogP contribution in [0.4, 0.5) is 19.0 Å². The Morgan fingerprint density at radius 1 is 1.41 bits per heavy atom. The third kappa shape index (κ3) is 3.90. The molecule has 1 aliphatic heterocycles. The number of anilines is 1. The minimum absolute atomic E-state index is 0.00960. The lowest BCUT2D eigenvalue weighted by atomic mass is 9.99. The van der Waals surface area contributed by atoms with Gasteiger partial charge in [0.05, 0.1) is 5.92 Å². The number of nitrogens with zero attached hydrogens (tertiary/aromatic N) is 2. The fourth-order valence-electron chi connectivity index (χ4n) is 2.30. The highest BCUT2D eigenvalue weighted by Crippen LogP contribution is 2.35. The maximum Gasteiger partial charge on any atom is 0.395 e. The van der Waals surface area contributed by atoms with E-state index in [-0.39, 0.29) is 13.1 Å². The Kier molecular flexibility index (Phi) is 4.94. The second-order valence-electron chi connectivity index (χ2n) is 5.75. The highest BCUT2D eigenvalue weighted by atomic mass is 19.4. The summed E-state index contributed by atoms with van der Waals surface area (Å²) >= 11 is 0. The van der Waals surface area contributed by atoms with Gasteiger partial charge in [0.2, 0.25) is 0 Å². The maximum absolute atomic E-state index is 12.5. The Morgan fingerprint density at radius 3 is 2.64 bits per heavy atom. The van der Waals surface area contributed by atoms with Crippen LogP contribution in [0.3, 0.4) is 0 Å². The van der Waals surface area contributed by atoms with Crippen LogP contribution in [0.15, 0.2) is 36.1 Å². The zero-order valence-corrected chi connectivity index (χ0v) is 13.1. The number of aryl methyl sites for hydroxylation is 1. The van der Waals surface area contributed by atoms with Crippen molar-refractivity contribution in [1.29, 1.82) is 0 Å². The number of aromatic nitrogens is 1. The normalized spacial score (nSPS) is 17.2. The first kappa shape index (κ1) is 16.6. The molecule has 0 unspecified atom stereocenters. The molecular formula is C17H21F3N2. The molecule has 1 aliphatic rings. The Labute approximate surface area is 129 Å². The van der Waals surface area contributed by atoms with Crippen LogP contribution in [0.2, 0.25) is 0 Å². The number of hydrogen-bond donors (Lipinski definition) is 0. The van der Waals surface area contributed by atoms with Crippen molar-refractivity contribution >= 4 is 5.82 Å². The van der Waals surface area contributed by atoms with Crippen molar-refractivity contribution in [2.24, 2.45) is 5.92 Å². The minimum Gasteiger partial charge on any atom is -0.355 e. The lowest BCUT2D eigenvalue weighted by Gasteiger charge is -2.41. The summed E-state index contributed by atoms with van der Waals surface area (Å²) < 4.78 is 37.5. The minimum atomic E-state index is -4.10. The summed E-state index contributed by atoms with van der Waals surface area (Å²) in [6.07, 6.45) is 4.60. The molecule has 1 saturated heterocycles. The number of alkyl halides is 3. The van der Waals surface area contributed by atoms with E-state index in [0.29, 0.717) is 5.82 Å². The van der Waals surface area contributed by atoms with Gasteiger partial charge in [-0.15, -0.1) is 0 Å². The van der Waals surface area contributed by atoms with E-state index >= 15 is 0 Å². The van der Waals surface area contributed by atoms with Gasteiger partial charge >= 0.3 is 6.18 Å². The average Bonchev–Trinajstić information content (AvgIpc) is 2.37. The van der Waals surface area contributed by atoms with E-state index in [9.17, 15) is 13.2 Å². The lowest BCUT2D eigenvalue weighted by Crippen LogP contribution is -2.53. The molecule has 1 aromatic heterocycles. The van der Waals surface area contributed by atoms with E-state index in [1.54, 1.807) is 11.1 Å². The summed E-state index contributed by atoms with van der Waals surface area (Å²) in [5.41, 5.74) is 3.35. The second-order valence-corrected chi connectivity index (χ2v) is 5.75. The van der Waals surface area contributed by atoms with Gasteiger partial charge < -0.3 is 4.90 Å². The van der Waals surface area contributed by atoms with E-state index < -0.39 is 12.1 Å². The molecule has 1 fully saturated rings. The van der Waals surface area contributed by atoms with Crippen LogP contribution in [0.25, 0.3) is 0 Å². The van der Waals surface area contributed by atoms with Gasteiger partial charge in [-0.05, 0) is 44.4 Å². The van der Waals surface area contributed by atoms with E-state index in [1.165, 1.54) is 5.57 Å². The first-order valence-electron chi connectivity index (χ1n) is 7.38. The number of rotatable bonds is 4.